The molecule has 2 saturated heterocycles. The van der Waals surface area contributed by atoms with Crippen molar-refractivity contribution in [1.82, 2.24) is 10.2 Å². The molecule has 0 bridgehead atoms. The highest BCUT2D eigenvalue weighted by atomic mass is 16.7. The number of carbonyl (C=O) groups is 1. The van der Waals surface area contributed by atoms with Crippen molar-refractivity contribution in [2.24, 2.45) is 0 Å². The summed E-state index contributed by atoms with van der Waals surface area (Å²) in [5.41, 5.74) is 0. The second kappa shape index (κ2) is 4.92. The minimum atomic E-state index is -0.461. The Kier molecular flexibility index (Phi) is 3.70. The predicted octanol–water partition coefficient (Wildman–Crippen LogP) is 0.348. The van der Waals surface area contributed by atoms with Gasteiger partial charge in [0.15, 0.2) is 5.79 Å². The lowest BCUT2D eigenvalue weighted by Gasteiger charge is -2.38. The lowest BCUT2D eigenvalue weighted by molar-refractivity contribution is -0.253. The molecule has 0 aromatic rings. The molecule has 1 N–H and O–H groups in total. The molecule has 0 spiro atoms. The molecule has 98 valence electrons. The minimum Gasteiger partial charge on any atom is -0.349 e. The average Bonchev–Trinajstić information content (AvgIpc) is 2.27. The molecule has 1 unspecified atom stereocenters. The molecule has 17 heavy (non-hydrogen) atoms. The zero-order valence-corrected chi connectivity index (χ0v) is 10.9. The van der Waals surface area contributed by atoms with Gasteiger partial charge in [-0.05, 0) is 20.3 Å². The number of piperidine rings is 1. The molecule has 2 heterocycles. The van der Waals surface area contributed by atoms with E-state index < -0.39 is 5.79 Å². The van der Waals surface area contributed by atoms with Gasteiger partial charge in [0, 0.05) is 26.1 Å². The second-order valence-corrected chi connectivity index (χ2v) is 5.40. The van der Waals surface area contributed by atoms with Crippen molar-refractivity contribution in [2.75, 3.05) is 26.8 Å². The van der Waals surface area contributed by atoms with E-state index in [1.807, 2.05) is 20.9 Å². The number of likely N-dealkylation sites (N-methyl/N-ethyl adjacent to an activating group) is 1. The second-order valence-electron chi connectivity index (χ2n) is 5.40. The number of likely N-dealkylation sites (tertiary alicyclic amines) is 1. The Bertz CT molecular complexity index is 283. The highest BCUT2D eigenvalue weighted by Gasteiger charge is 2.31. The molecule has 1 atom stereocenters. The van der Waals surface area contributed by atoms with E-state index in [2.05, 4.69) is 5.32 Å². The van der Waals surface area contributed by atoms with Gasteiger partial charge in [-0.2, -0.15) is 0 Å². The standard InChI is InChI=1S/C12H22N2O3/c1-12(2)16-7-10(8-17-12)13-9-4-5-11(15)14(3)6-9/h9-10,13H,4-8H2,1-3H3. The first-order valence-corrected chi connectivity index (χ1v) is 6.24. The Morgan fingerprint density at radius 3 is 2.53 bits per heavy atom. The number of hydrogen-bond donors (Lipinski definition) is 1. The van der Waals surface area contributed by atoms with Crippen LogP contribution >= 0.6 is 0 Å². The fourth-order valence-corrected chi connectivity index (χ4v) is 2.27. The van der Waals surface area contributed by atoms with Crippen LogP contribution in [0.2, 0.25) is 0 Å². The zero-order valence-electron chi connectivity index (χ0n) is 10.9. The van der Waals surface area contributed by atoms with Crippen LogP contribution in [0.5, 0.6) is 0 Å². The van der Waals surface area contributed by atoms with Gasteiger partial charge in [0.25, 0.3) is 0 Å². The van der Waals surface area contributed by atoms with Gasteiger partial charge in [-0.15, -0.1) is 0 Å². The van der Waals surface area contributed by atoms with Crippen molar-refractivity contribution in [1.29, 1.82) is 0 Å². The molecule has 5 heteroatoms. The SMILES string of the molecule is CN1CC(NC2COC(C)(C)OC2)CCC1=O. The van der Waals surface area contributed by atoms with Crippen LogP contribution in [0.25, 0.3) is 0 Å². The van der Waals surface area contributed by atoms with Gasteiger partial charge < -0.3 is 19.7 Å². The summed E-state index contributed by atoms with van der Waals surface area (Å²) in [6.45, 7) is 5.97. The van der Waals surface area contributed by atoms with Crippen molar-refractivity contribution in [2.45, 2.75) is 44.6 Å². The first-order chi connectivity index (χ1) is 7.96. The van der Waals surface area contributed by atoms with Crippen molar-refractivity contribution in [3.8, 4) is 0 Å². The van der Waals surface area contributed by atoms with Gasteiger partial charge in [0.05, 0.1) is 19.3 Å². The first kappa shape index (κ1) is 12.8. The van der Waals surface area contributed by atoms with Crippen LogP contribution in [0.15, 0.2) is 0 Å². The van der Waals surface area contributed by atoms with Crippen molar-refractivity contribution in [3.05, 3.63) is 0 Å². The molecule has 0 radical (unpaired) electrons. The first-order valence-electron chi connectivity index (χ1n) is 6.24. The number of hydrogen-bond acceptors (Lipinski definition) is 4. The summed E-state index contributed by atoms with van der Waals surface area (Å²) in [5.74, 6) is -0.224. The molecule has 0 saturated carbocycles. The molecular formula is C12H22N2O3. The largest absolute Gasteiger partial charge is 0.349 e. The number of rotatable bonds is 2. The molecule has 5 nitrogen and oxygen atoms in total. The molecule has 0 aliphatic carbocycles. The Balaban J connectivity index is 1.77. The summed E-state index contributed by atoms with van der Waals surface area (Å²) in [5, 5.41) is 3.50. The predicted molar refractivity (Wildman–Crippen MR) is 63.6 cm³/mol. The van der Waals surface area contributed by atoms with E-state index in [1.54, 1.807) is 4.90 Å². The molecule has 1 amide bonds. The van der Waals surface area contributed by atoms with Crippen LogP contribution in [0, 0.1) is 0 Å². The fraction of sp³-hybridized carbons (Fsp3) is 0.917. The highest BCUT2D eigenvalue weighted by Crippen LogP contribution is 2.18. The van der Waals surface area contributed by atoms with E-state index in [-0.39, 0.29) is 11.9 Å². The summed E-state index contributed by atoms with van der Waals surface area (Å²) in [6, 6.07) is 0.589. The number of ether oxygens (including phenoxy) is 2. The molecular weight excluding hydrogens is 220 g/mol. The van der Waals surface area contributed by atoms with Crippen molar-refractivity contribution < 1.29 is 14.3 Å². The molecule has 2 fully saturated rings. The molecule has 2 rings (SSSR count). The molecule has 0 aromatic heterocycles. The topological polar surface area (TPSA) is 50.8 Å². The van der Waals surface area contributed by atoms with Gasteiger partial charge in [0.2, 0.25) is 5.91 Å². The van der Waals surface area contributed by atoms with Crippen molar-refractivity contribution in [3.63, 3.8) is 0 Å². The Labute approximate surface area is 102 Å². The average molecular weight is 242 g/mol. The molecule has 2 aliphatic heterocycles. The maximum Gasteiger partial charge on any atom is 0.222 e. The van der Waals surface area contributed by atoms with E-state index in [1.165, 1.54) is 0 Å². The quantitative estimate of drug-likeness (QED) is 0.759. The Morgan fingerprint density at radius 1 is 1.29 bits per heavy atom. The third-order valence-electron chi connectivity index (χ3n) is 3.36. The van der Waals surface area contributed by atoms with Crippen LogP contribution in [0.1, 0.15) is 26.7 Å². The summed E-state index contributed by atoms with van der Waals surface area (Å²) in [4.78, 5) is 13.2. The lowest BCUT2D eigenvalue weighted by atomic mass is 10.0. The molecule has 0 aromatic carbocycles. The number of carbonyl (C=O) groups excluding carboxylic acids is 1. The Hall–Kier alpha value is -0.650. The van der Waals surface area contributed by atoms with E-state index in [0.717, 1.165) is 13.0 Å². The summed E-state index contributed by atoms with van der Waals surface area (Å²) >= 11 is 0. The van der Waals surface area contributed by atoms with Gasteiger partial charge in [-0.3, -0.25) is 4.79 Å². The fourth-order valence-electron chi connectivity index (χ4n) is 2.27. The van der Waals surface area contributed by atoms with Gasteiger partial charge in [0.1, 0.15) is 0 Å². The Morgan fingerprint density at radius 2 is 1.94 bits per heavy atom. The highest BCUT2D eigenvalue weighted by molar-refractivity contribution is 5.76. The lowest BCUT2D eigenvalue weighted by Crippen LogP contribution is -2.55. The summed E-state index contributed by atoms with van der Waals surface area (Å²) in [6.07, 6.45) is 1.54. The number of nitrogens with one attached hydrogen (secondary N) is 1. The van der Waals surface area contributed by atoms with Crippen LogP contribution in [-0.2, 0) is 14.3 Å². The third kappa shape index (κ3) is 3.40. The van der Waals surface area contributed by atoms with Crippen LogP contribution in [0.3, 0.4) is 0 Å². The summed E-state index contributed by atoms with van der Waals surface area (Å²) < 4.78 is 11.2. The molecule has 2 aliphatic rings. The van der Waals surface area contributed by atoms with Gasteiger partial charge in [-0.1, -0.05) is 0 Å². The van der Waals surface area contributed by atoms with Crippen LogP contribution in [0.4, 0.5) is 0 Å². The zero-order chi connectivity index (χ0) is 12.5. The van der Waals surface area contributed by atoms with E-state index in [4.69, 9.17) is 9.47 Å². The maximum absolute atomic E-state index is 11.4. The van der Waals surface area contributed by atoms with E-state index in [9.17, 15) is 4.79 Å². The van der Waals surface area contributed by atoms with Gasteiger partial charge >= 0.3 is 0 Å². The van der Waals surface area contributed by atoms with Gasteiger partial charge in [-0.25, -0.2) is 0 Å². The minimum absolute atomic E-state index is 0.231. The van der Waals surface area contributed by atoms with Crippen LogP contribution in [-0.4, -0.2) is 55.5 Å². The number of nitrogens with zero attached hydrogens (tertiary/aromatic N) is 1. The smallest absolute Gasteiger partial charge is 0.222 e. The summed E-state index contributed by atoms with van der Waals surface area (Å²) in [7, 11) is 1.85. The van der Waals surface area contributed by atoms with E-state index in [0.29, 0.717) is 25.7 Å². The van der Waals surface area contributed by atoms with E-state index >= 15 is 0 Å². The normalized spacial score (nSPS) is 30.6. The number of amides is 1. The maximum atomic E-state index is 11.4. The monoisotopic (exact) mass is 242 g/mol. The third-order valence-corrected chi connectivity index (χ3v) is 3.36. The van der Waals surface area contributed by atoms with Crippen molar-refractivity contribution >= 4 is 5.91 Å². The van der Waals surface area contributed by atoms with Crippen LogP contribution < -0.4 is 5.32 Å².